The van der Waals surface area contributed by atoms with E-state index in [-0.39, 0.29) is 0 Å². The Labute approximate surface area is 113 Å². The molecule has 18 heavy (non-hydrogen) atoms. The van der Waals surface area contributed by atoms with Gasteiger partial charge in [0.05, 0.1) is 0 Å². The molecule has 0 radical (unpaired) electrons. The quantitative estimate of drug-likeness (QED) is 0.899. The zero-order valence-electron chi connectivity index (χ0n) is 10.7. The van der Waals surface area contributed by atoms with Crippen LogP contribution in [0.15, 0.2) is 24.3 Å². The molecule has 0 bridgehead atoms. The Hall–Kier alpha value is -0.990. The van der Waals surface area contributed by atoms with Crippen molar-refractivity contribution in [2.75, 3.05) is 6.54 Å². The zero-order valence-corrected chi connectivity index (χ0v) is 11.5. The van der Waals surface area contributed by atoms with Crippen molar-refractivity contribution in [3.8, 4) is 0 Å². The van der Waals surface area contributed by atoms with E-state index in [1.54, 1.807) is 0 Å². The van der Waals surface area contributed by atoms with E-state index in [0.717, 1.165) is 17.5 Å². The van der Waals surface area contributed by atoms with Crippen LogP contribution in [0.5, 0.6) is 0 Å². The number of hydrogen-bond donors (Lipinski definition) is 1. The maximum Gasteiger partial charge on any atom is 0.0494 e. The van der Waals surface area contributed by atoms with Gasteiger partial charge in [0.25, 0.3) is 0 Å². The van der Waals surface area contributed by atoms with Crippen molar-refractivity contribution in [1.82, 2.24) is 4.57 Å². The molecule has 1 atom stereocenters. The number of rotatable bonds is 3. The lowest BCUT2D eigenvalue weighted by molar-refractivity contribution is 0.258. The number of nitrogens with two attached hydrogens (primary N) is 1. The maximum absolute atomic E-state index is 6.08. The Morgan fingerprint density at radius 1 is 1.39 bits per heavy atom. The summed E-state index contributed by atoms with van der Waals surface area (Å²) in [5.74, 6) is 1.27. The Morgan fingerprint density at radius 3 is 2.78 bits per heavy atom. The van der Waals surface area contributed by atoms with Gasteiger partial charge in [-0.2, -0.15) is 0 Å². The summed E-state index contributed by atoms with van der Waals surface area (Å²) in [4.78, 5) is 0. The molecule has 1 saturated carbocycles. The van der Waals surface area contributed by atoms with Crippen LogP contribution in [0.4, 0.5) is 0 Å². The van der Waals surface area contributed by atoms with E-state index in [4.69, 9.17) is 17.3 Å². The Balaban J connectivity index is 2.07. The molecule has 96 valence electrons. The predicted molar refractivity (Wildman–Crippen MR) is 77.1 cm³/mol. The summed E-state index contributed by atoms with van der Waals surface area (Å²) in [6, 6.07) is 8.36. The molecule has 2 nitrogen and oxygen atoms in total. The van der Waals surface area contributed by atoms with E-state index in [1.807, 2.05) is 12.1 Å². The average Bonchev–Trinajstić information content (AvgIpc) is 2.61. The number of fused-ring (bicyclic) bond motifs is 1. The minimum Gasteiger partial charge on any atom is -0.347 e. The van der Waals surface area contributed by atoms with Crippen LogP contribution in [0, 0.1) is 5.92 Å². The molecule has 3 heteroatoms. The lowest BCUT2D eigenvalue weighted by Gasteiger charge is -2.33. The van der Waals surface area contributed by atoms with Gasteiger partial charge in [0.15, 0.2) is 0 Å². The fourth-order valence-corrected chi connectivity index (χ4v) is 3.24. The van der Waals surface area contributed by atoms with Crippen molar-refractivity contribution < 1.29 is 0 Å². The maximum atomic E-state index is 6.08. The van der Waals surface area contributed by atoms with E-state index in [9.17, 15) is 0 Å². The second-order valence-electron chi connectivity index (χ2n) is 5.36. The molecule has 2 aromatic rings. The molecule has 0 aliphatic heterocycles. The molecule has 1 aliphatic carbocycles. The highest BCUT2D eigenvalue weighted by Crippen LogP contribution is 2.40. The van der Waals surface area contributed by atoms with Crippen LogP contribution >= 0.6 is 11.6 Å². The van der Waals surface area contributed by atoms with E-state index in [0.29, 0.717) is 5.92 Å². The molecule has 2 N–H and O–H groups in total. The normalized spacial score (nSPS) is 17.9. The number of aryl methyl sites for hydroxylation is 1. The van der Waals surface area contributed by atoms with Gasteiger partial charge in [-0.25, -0.2) is 0 Å². The van der Waals surface area contributed by atoms with Crippen LogP contribution in [0.1, 0.15) is 30.9 Å². The molecule has 0 spiro atoms. The highest BCUT2D eigenvalue weighted by molar-refractivity contribution is 6.31. The lowest BCUT2D eigenvalue weighted by atomic mass is 9.74. The van der Waals surface area contributed by atoms with Gasteiger partial charge in [-0.3, -0.25) is 0 Å². The third-order valence-electron chi connectivity index (χ3n) is 4.40. The van der Waals surface area contributed by atoms with Crippen molar-refractivity contribution >= 4 is 22.5 Å². The van der Waals surface area contributed by atoms with E-state index >= 15 is 0 Å². The monoisotopic (exact) mass is 262 g/mol. The molecule has 1 aromatic heterocycles. The first-order chi connectivity index (χ1) is 8.70. The molecular weight excluding hydrogens is 244 g/mol. The van der Waals surface area contributed by atoms with Crippen LogP contribution < -0.4 is 5.73 Å². The van der Waals surface area contributed by atoms with Crippen molar-refractivity contribution in [3.63, 3.8) is 0 Å². The van der Waals surface area contributed by atoms with Crippen molar-refractivity contribution in [2.45, 2.75) is 25.2 Å². The van der Waals surface area contributed by atoms with Gasteiger partial charge in [-0.1, -0.05) is 24.1 Å². The van der Waals surface area contributed by atoms with Crippen LogP contribution in [0.2, 0.25) is 5.02 Å². The molecule has 1 aromatic carbocycles. The minimum absolute atomic E-state index is 0.495. The van der Waals surface area contributed by atoms with Crippen molar-refractivity contribution in [2.24, 2.45) is 18.7 Å². The first-order valence-corrected chi connectivity index (χ1v) is 7.03. The highest BCUT2D eigenvalue weighted by Gasteiger charge is 2.29. The molecule has 0 saturated heterocycles. The standard InChI is InChI=1S/C15H19ClN2/c1-18-14-8-12(16)6-5-11(14)7-15(18)13(9-17)10-3-2-4-10/h5-8,10,13H,2-4,9,17H2,1H3. The number of hydrogen-bond acceptors (Lipinski definition) is 1. The SMILES string of the molecule is Cn1c(C(CN)C2CCC2)cc2ccc(Cl)cc21. The fraction of sp³-hybridized carbons (Fsp3) is 0.467. The van der Waals surface area contributed by atoms with Crippen LogP contribution in [-0.4, -0.2) is 11.1 Å². The molecule has 0 amide bonds. The lowest BCUT2D eigenvalue weighted by Crippen LogP contribution is -2.28. The number of aromatic nitrogens is 1. The van der Waals surface area contributed by atoms with Gasteiger partial charge >= 0.3 is 0 Å². The topological polar surface area (TPSA) is 30.9 Å². The molecule has 1 heterocycles. The molecule has 1 aliphatic rings. The number of halogens is 1. The Morgan fingerprint density at radius 2 is 2.17 bits per heavy atom. The summed E-state index contributed by atoms with van der Waals surface area (Å²) in [5.41, 5.74) is 8.56. The third kappa shape index (κ3) is 1.84. The van der Waals surface area contributed by atoms with Crippen molar-refractivity contribution in [3.05, 3.63) is 35.0 Å². The third-order valence-corrected chi connectivity index (χ3v) is 4.63. The molecular formula is C15H19ClN2. The summed E-state index contributed by atoms with van der Waals surface area (Å²) in [7, 11) is 2.12. The van der Waals surface area contributed by atoms with Gasteiger partial charge in [0.2, 0.25) is 0 Å². The van der Waals surface area contributed by atoms with Crippen LogP contribution in [0.25, 0.3) is 10.9 Å². The van der Waals surface area contributed by atoms with Gasteiger partial charge in [0.1, 0.15) is 0 Å². The van der Waals surface area contributed by atoms with Crippen LogP contribution in [0.3, 0.4) is 0 Å². The average molecular weight is 263 g/mol. The minimum atomic E-state index is 0.495. The summed E-state index contributed by atoms with van der Waals surface area (Å²) < 4.78 is 2.26. The second-order valence-corrected chi connectivity index (χ2v) is 5.80. The summed E-state index contributed by atoms with van der Waals surface area (Å²) in [5, 5.41) is 2.05. The summed E-state index contributed by atoms with van der Waals surface area (Å²) >= 11 is 6.08. The molecule has 1 unspecified atom stereocenters. The number of benzene rings is 1. The summed E-state index contributed by atoms with van der Waals surface area (Å²) in [6.07, 6.45) is 4.01. The van der Waals surface area contributed by atoms with E-state index < -0.39 is 0 Å². The number of nitrogens with zero attached hydrogens (tertiary/aromatic N) is 1. The Kier molecular flexibility index (Phi) is 3.08. The first kappa shape index (κ1) is 12.1. The smallest absolute Gasteiger partial charge is 0.0494 e. The van der Waals surface area contributed by atoms with Crippen molar-refractivity contribution in [1.29, 1.82) is 0 Å². The molecule has 3 rings (SSSR count). The largest absolute Gasteiger partial charge is 0.347 e. The van der Waals surface area contributed by atoms with Gasteiger partial charge in [-0.05, 0) is 42.3 Å². The first-order valence-electron chi connectivity index (χ1n) is 6.65. The van der Waals surface area contributed by atoms with Gasteiger partial charge in [0, 0.05) is 35.7 Å². The Bertz CT molecular complexity index is 569. The van der Waals surface area contributed by atoms with Crippen LogP contribution in [-0.2, 0) is 7.05 Å². The zero-order chi connectivity index (χ0) is 12.7. The predicted octanol–water partition coefficient (Wildman–Crippen LogP) is 3.67. The van der Waals surface area contributed by atoms with E-state index in [1.165, 1.54) is 35.9 Å². The van der Waals surface area contributed by atoms with Gasteiger partial charge < -0.3 is 10.3 Å². The van der Waals surface area contributed by atoms with E-state index in [2.05, 4.69) is 23.7 Å². The summed E-state index contributed by atoms with van der Waals surface area (Å²) in [6.45, 7) is 0.739. The van der Waals surface area contributed by atoms with Gasteiger partial charge in [-0.15, -0.1) is 0 Å². The molecule has 1 fully saturated rings. The second kappa shape index (κ2) is 4.60. The highest BCUT2D eigenvalue weighted by atomic mass is 35.5. The fourth-order valence-electron chi connectivity index (χ4n) is 3.08.